The van der Waals surface area contributed by atoms with E-state index in [0.717, 1.165) is 11.1 Å². The number of hydrogen-bond acceptors (Lipinski definition) is 6. The summed E-state index contributed by atoms with van der Waals surface area (Å²) in [5, 5.41) is 10.3. The van der Waals surface area contributed by atoms with Crippen molar-refractivity contribution in [1.29, 1.82) is 0 Å². The Morgan fingerprint density at radius 2 is 2.04 bits per heavy atom. The van der Waals surface area contributed by atoms with Crippen molar-refractivity contribution in [3.8, 4) is 0 Å². The van der Waals surface area contributed by atoms with Crippen LogP contribution < -0.4 is 5.32 Å². The number of anilines is 1. The molecule has 1 amide bonds. The molecule has 0 unspecified atom stereocenters. The fourth-order valence-electron chi connectivity index (χ4n) is 3.58. The molecule has 8 nitrogen and oxygen atoms in total. The molecular weight excluding hydrogens is 380 g/mol. The summed E-state index contributed by atoms with van der Waals surface area (Å²) in [5.74, 6) is -0.335. The minimum atomic E-state index is -3.93. The molecule has 0 radical (unpaired) electrons. The molecule has 0 spiro atoms. The van der Waals surface area contributed by atoms with Gasteiger partial charge in [-0.25, -0.2) is 13.0 Å². The van der Waals surface area contributed by atoms with Gasteiger partial charge in [-0.1, -0.05) is 23.8 Å². The van der Waals surface area contributed by atoms with Gasteiger partial charge in [-0.2, -0.15) is 4.31 Å². The third kappa shape index (κ3) is 3.16. The second kappa shape index (κ2) is 6.99. The molecule has 1 N–H and O–H groups in total. The number of nitrogens with zero attached hydrogens (tertiary/aromatic N) is 3. The number of aromatic nitrogens is 2. The number of carbonyl (C=O) groups is 1. The van der Waals surface area contributed by atoms with Gasteiger partial charge in [-0.05, 0) is 60.8 Å². The van der Waals surface area contributed by atoms with E-state index >= 15 is 0 Å². The smallest absolute Gasteiger partial charge is 0.246 e. The first kappa shape index (κ1) is 18.6. The number of aryl methyl sites for hydroxylation is 2. The van der Waals surface area contributed by atoms with E-state index in [-0.39, 0.29) is 22.9 Å². The SMILES string of the molecule is Cc1ccc(NC(=O)[C@@H]2CCCN2S(=O)(=O)c2cccc3nonc23)c(C)c1. The highest BCUT2D eigenvalue weighted by Crippen LogP contribution is 2.30. The third-order valence-electron chi connectivity index (χ3n) is 4.98. The highest BCUT2D eigenvalue weighted by molar-refractivity contribution is 7.89. The van der Waals surface area contributed by atoms with Crippen LogP contribution >= 0.6 is 0 Å². The second-order valence-electron chi connectivity index (χ2n) is 6.97. The minimum absolute atomic E-state index is 0.00235. The number of hydrogen-bond donors (Lipinski definition) is 1. The van der Waals surface area contributed by atoms with Crippen LogP contribution in [0.3, 0.4) is 0 Å². The summed E-state index contributed by atoms with van der Waals surface area (Å²) in [5.41, 5.74) is 3.23. The van der Waals surface area contributed by atoms with Crippen LogP contribution in [-0.2, 0) is 14.8 Å². The van der Waals surface area contributed by atoms with Crippen LogP contribution in [0, 0.1) is 13.8 Å². The van der Waals surface area contributed by atoms with Gasteiger partial charge in [-0.3, -0.25) is 4.79 Å². The molecule has 9 heteroatoms. The van der Waals surface area contributed by atoms with Gasteiger partial charge in [0, 0.05) is 12.2 Å². The summed E-state index contributed by atoms with van der Waals surface area (Å²) in [6, 6.07) is 9.60. The van der Waals surface area contributed by atoms with Crippen molar-refractivity contribution in [3.63, 3.8) is 0 Å². The third-order valence-corrected chi connectivity index (χ3v) is 6.92. The first-order chi connectivity index (χ1) is 13.4. The molecule has 2 aromatic carbocycles. The summed E-state index contributed by atoms with van der Waals surface area (Å²) in [7, 11) is -3.93. The summed E-state index contributed by atoms with van der Waals surface area (Å²) >= 11 is 0. The number of nitrogens with one attached hydrogen (secondary N) is 1. The normalized spacial score (nSPS) is 17.9. The number of carbonyl (C=O) groups excluding carboxylic acids is 1. The molecule has 1 aromatic heterocycles. The van der Waals surface area contributed by atoms with Crippen molar-refractivity contribution >= 4 is 32.7 Å². The Labute approximate surface area is 162 Å². The standard InChI is InChI=1S/C19H20N4O4S/c1-12-8-9-14(13(2)11-12)20-19(24)16-6-4-10-23(16)28(25,26)17-7-3-5-15-18(17)22-27-21-15/h3,5,7-9,11,16H,4,6,10H2,1-2H3,(H,20,24)/t16-/m0/s1. The zero-order valence-electron chi connectivity index (χ0n) is 15.5. The minimum Gasteiger partial charge on any atom is -0.324 e. The molecule has 0 aliphatic carbocycles. The van der Waals surface area contributed by atoms with E-state index in [2.05, 4.69) is 20.3 Å². The summed E-state index contributed by atoms with van der Waals surface area (Å²) in [6.07, 6.45) is 1.07. The highest BCUT2D eigenvalue weighted by atomic mass is 32.2. The molecule has 0 saturated carbocycles. The van der Waals surface area contributed by atoms with E-state index in [1.165, 1.54) is 10.4 Å². The highest BCUT2D eigenvalue weighted by Gasteiger charge is 2.40. The predicted molar refractivity (Wildman–Crippen MR) is 103 cm³/mol. The van der Waals surface area contributed by atoms with E-state index in [1.807, 2.05) is 32.0 Å². The molecule has 1 aliphatic rings. The zero-order chi connectivity index (χ0) is 19.9. The van der Waals surface area contributed by atoms with Crippen molar-refractivity contribution < 1.29 is 17.8 Å². The zero-order valence-corrected chi connectivity index (χ0v) is 16.4. The Morgan fingerprint density at radius 3 is 2.82 bits per heavy atom. The van der Waals surface area contributed by atoms with Crippen LogP contribution in [0.4, 0.5) is 5.69 Å². The van der Waals surface area contributed by atoms with E-state index in [9.17, 15) is 13.2 Å². The van der Waals surface area contributed by atoms with Crippen molar-refractivity contribution in [3.05, 3.63) is 47.5 Å². The lowest BCUT2D eigenvalue weighted by Crippen LogP contribution is -2.43. The van der Waals surface area contributed by atoms with Crippen LogP contribution in [0.5, 0.6) is 0 Å². The average molecular weight is 400 g/mol. The number of amides is 1. The largest absolute Gasteiger partial charge is 0.324 e. The molecule has 1 fully saturated rings. The van der Waals surface area contributed by atoms with E-state index in [4.69, 9.17) is 0 Å². The molecule has 0 bridgehead atoms. The molecule has 146 valence electrons. The van der Waals surface area contributed by atoms with Crippen LogP contribution in [0.2, 0.25) is 0 Å². The van der Waals surface area contributed by atoms with Gasteiger partial charge >= 0.3 is 0 Å². The summed E-state index contributed by atoms with van der Waals surface area (Å²) in [6.45, 7) is 4.16. The number of rotatable bonds is 4. The lowest BCUT2D eigenvalue weighted by molar-refractivity contribution is -0.119. The quantitative estimate of drug-likeness (QED) is 0.722. The molecular formula is C19H20N4O4S. The van der Waals surface area contributed by atoms with Crippen LogP contribution in [-0.4, -0.2) is 41.5 Å². The molecule has 1 saturated heterocycles. The van der Waals surface area contributed by atoms with Crippen LogP contribution in [0.25, 0.3) is 11.0 Å². The summed E-state index contributed by atoms with van der Waals surface area (Å²) in [4.78, 5) is 12.9. The Kier molecular flexibility index (Phi) is 4.64. The number of fused-ring (bicyclic) bond motifs is 1. The van der Waals surface area contributed by atoms with E-state index in [0.29, 0.717) is 24.0 Å². The Bertz CT molecular complexity index is 1160. The average Bonchev–Trinajstić information content (AvgIpc) is 3.32. The Balaban J connectivity index is 1.64. The maximum atomic E-state index is 13.3. The van der Waals surface area contributed by atoms with Gasteiger partial charge in [-0.15, -0.1) is 0 Å². The van der Waals surface area contributed by atoms with Crippen LogP contribution in [0.15, 0.2) is 45.9 Å². The van der Waals surface area contributed by atoms with Crippen LogP contribution in [0.1, 0.15) is 24.0 Å². The van der Waals surface area contributed by atoms with Gasteiger partial charge in [0.05, 0.1) is 0 Å². The number of benzene rings is 2. The lowest BCUT2D eigenvalue weighted by Gasteiger charge is -2.23. The fraction of sp³-hybridized carbons (Fsp3) is 0.316. The van der Waals surface area contributed by atoms with Crippen molar-refractivity contribution in [1.82, 2.24) is 14.6 Å². The predicted octanol–water partition coefficient (Wildman–Crippen LogP) is 2.63. The topological polar surface area (TPSA) is 105 Å². The first-order valence-corrected chi connectivity index (χ1v) is 10.4. The second-order valence-corrected chi connectivity index (χ2v) is 8.83. The number of sulfonamides is 1. The maximum absolute atomic E-state index is 13.3. The lowest BCUT2D eigenvalue weighted by atomic mass is 10.1. The Morgan fingerprint density at radius 1 is 1.21 bits per heavy atom. The van der Waals surface area contributed by atoms with Crippen molar-refractivity contribution in [2.45, 2.75) is 37.6 Å². The first-order valence-electron chi connectivity index (χ1n) is 8.99. The summed E-state index contributed by atoms with van der Waals surface area (Å²) < 4.78 is 32.4. The molecule has 3 aromatic rings. The Hall–Kier alpha value is -2.78. The van der Waals surface area contributed by atoms with Crippen molar-refractivity contribution in [2.24, 2.45) is 0 Å². The fourth-order valence-corrected chi connectivity index (χ4v) is 5.37. The van der Waals surface area contributed by atoms with E-state index < -0.39 is 16.1 Å². The molecule has 1 aliphatic heterocycles. The molecule has 1 atom stereocenters. The van der Waals surface area contributed by atoms with Gasteiger partial charge < -0.3 is 5.32 Å². The van der Waals surface area contributed by atoms with Gasteiger partial charge in [0.15, 0.2) is 5.52 Å². The molecule has 4 rings (SSSR count). The van der Waals surface area contributed by atoms with Gasteiger partial charge in [0.25, 0.3) is 0 Å². The van der Waals surface area contributed by atoms with Crippen molar-refractivity contribution in [2.75, 3.05) is 11.9 Å². The van der Waals surface area contributed by atoms with Gasteiger partial charge in [0.1, 0.15) is 16.5 Å². The maximum Gasteiger partial charge on any atom is 0.246 e. The molecule has 28 heavy (non-hydrogen) atoms. The molecule has 2 heterocycles. The van der Waals surface area contributed by atoms with E-state index in [1.54, 1.807) is 12.1 Å². The van der Waals surface area contributed by atoms with Gasteiger partial charge in [0.2, 0.25) is 15.9 Å². The monoisotopic (exact) mass is 400 g/mol.